The van der Waals surface area contributed by atoms with Crippen molar-refractivity contribution in [2.75, 3.05) is 0 Å². The number of allylic oxidation sites excluding steroid dienone is 6. The van der Waals surface area contributed by atoms with Crippen molar-refractivity contribution < 1.29 is 0 Å². The third-order valence-corrected chi connectivity index (χ3v) is 2.14. The number of hydrogen-bond acceptors (Lipinski definition) is 0. The van der Waals surface area contributed by atoms with Gasteiger partial charge in [0, 0.05) is 0 Å². The van der Waals surface area contributed by atoms with Crippen LogP contribution in [0.25, 0.3) is 5.57 Å². The second kappa shape index (κ2) is 6.83. The van der Waals surface area contributed by atoms with Crippen molar-refractivity contribution in [2.45, 2.75) is 20.3 Å². The highest BCUT2D eigenvalue weighted by Gasteiger charge is 1.97. The van der Waals surface area contributed by atoms with Crippen molar-refractivity contribution in [3.05, 3.63) is 66.3 Å². The van der Waals surface area contributed by atoms with E-state index in [1.165, 1.54) is 11.1 Å². The van der Waals surface area contributed by atoms with Crippen LogP contribution in [0.4, 0.5) is 0 Å². The molecule has 1 aromatic carbocycles. The minimum atomic E-state index is 1.02. The first-order valence-corrected chi connectivity index (χ1v) is 5.54. The van der Waals surface area contributed by atoms with Crippen molar-refractivity contribution >= 4 is 5.57 Å². The Morgan fingerprint density at radius 3 is 2.33 bits per heavy atom. The van der Waals surface area contributed by atoms with E-state index in [1.807, 2.05) is 19.9 Å². The van der Waals surface area contributed by atoms with E-state index in [9.17, 15) is 0 Å². The van der Waals surface area contributed by atoms with Crippen LogP contribution >= 0.6 is 0 Å². The van der Waals surface area contributed by atoms with Gasteiger partial charge in [-0.25, -0.2) is 0 Å². The van der Waals surface area contributed by atoms with Crippen LogP contribution in [0.2, 0.25) is 0 Å². The topological polar surface area (TPSA) is 0 Å². The standard InChI is InChI=1S/C13H12.C2H6/c1-2-5-9-12(8-4-1)13-10-6-3-7-11-13;1-2/h1-8,10-11H,9H2;1-2H3. The van der Waals surface area contributed by atoms with Crippen molar-refractivity contribution in [2.24, 2.45) is 0 Å². The molecule has 0 unspecified atom stereocenters. The second-order valence-corrected chi connectivity index (χ2v) is 3.08. The van der Waals surface area contributed by atoms with Crippen LogP contribution in [0, 0.1) is 0 Å². The average Bonchev–Trinajstić information content (AvgIpc) is 2.61. The summed E-state index contributed by atoms with van der Waals surface area (Å²) in [6, 6.07) is 10.5. The lowest BCUT2D eigenvalue weighted by Gasteiger charge is -2.02. The summed E-state index contributed by atoms with van der Waals surface area (Å²) in [6.07, 6.45) is 11.6. The zero-order chi connectivity index (χ0) is 10.9. The van der Waals surface area contributed by atoms with Crippen LogP contribution < -0.4 is 0 Å². The van der Waals surface area contributed by atoms with Gasteiger partial charge in [-0.1, -0.05) is 74.6 Å². The number of benzene rings is 1. The van der Waals surface area contributed by atoms with Gasteiger partial charge in [-0.05, 0) is 17.6 Å². The summed E-state index contributed by atoms with van der Waals surface area (Å²) in [4.78, 5) is 0. The molecule has 0 aromatic heterocycles. The van der Waals surface area contributed by atoms with Gasteiger partial charge in [0.25, 0.3) is 0 Å². The Morgan fingerprint density at radius 2 is 1.60 bits per heavy atom. The van der Waals surface area contributed by atoms with Gasteiger partial charge in [0.05, 0.1) is 0 Å². The first-order valence-electron chi connectivity index (χ1n) is 5.54. The maximum Gasteiger partial charge on any atom is -0.00884 e. The normalized spacial score (nSPS) is 13.6. The predicted molar refractivity (Wildman–Crippen MR) is 68.7 cm³/mol. The average molecular weight is 198 g/mol. The Balaban J connectivity index is 0.000000531. The maximum absolute atomic E-state index is 2.18. The third kappa shape index (κ3) is 3.59. The van der Waals surface area contributed by atoms with Gasteiger partial charge in [-0.2, -0.15) is 0 Å². The van der Waals surface area contributed by atoms with Crippen molar-refractivity contribution in [3.8, 4) is 0 Å². The second-order valence-electron chi connectivity index (χ2n) is 3.08. The zero-order valence-electron chi connectivity index (χ0n) is 9.48. The van der Waals surface area contributed by atoms with E-state index < -0.39 is 0 Å². The quantitative estimate of drug-likeness (QED) is 0.618. The summed E-state index contributed by atoms with van der Waals surface area (Å²) >= 11 is 0. The fourth-order valence-electron chi connectivity index (χ4n) is 1.44. The van der Waals surface area contributed by atoms with E-state index in [-0.39, 0.29) is 0 Å². The largest absolute Gasteiger partial charge is 0.0801 e. The van der Waals surface area contributed by atoms with Gasteiger partial charge < -0.3 is 0 Å². The molecule has 0 radical (unpaired) electrons. The molecule has 0 bridgehead atoms. The Kier molecular flexibility index (Phi) is 5.24. The summed E-state index contributed by atoms with van der Waals surface area (Å²) in [7, 11) is 0. The predicted octanol–water partition coefficient (Wildman–Crippen LogP) is 4.61. The molecule has 2 rings (SSSR count). The molecular weight excluding hydrogens is 180 g/mol. The molecule has 78 valence electrons. The highest BCUT2D eigenvalue weighted by atomic mass is 14.0. The molecule has 0 heteroatoms. The van der Waals surface area contributed by atoms with Crippen molar-refractivity contribution in [3.63, 3.8) is 0 Å². The summed E-state index contributed by atoms with van der Waals surface area (Å²) in [5.41, 5.74) is 2.70. The highest BCUT2D eigenvalue weighted by molar-refractivity contribution is 5.68. The zero-order valence-corrected chi connectivity index (χ0v) is 9.48. The molecule has 0 N–H and O–H groups in total. The van der Waals surface area contributed by atoms with Crippen molar-refractivity contribution in [1.82, 2.24) is 0 Å². The van der Waals surface area contributed by atoms with Gasteiger partial charge >= 0.3 is 0 Å². The Bertz CT molecular complexity index is 353. The minimum absolute atomic E-state index is 1.02. The van der Waals surface area contributed by atoms with Crippen molar-refractivity contribution in [1.29, 1.82) is 0 Å². The van der Waals surface area contributed by atoms with E-state index in [1.54, 1.807) is 0 Å². The molecule has 0 saturated heterocycles. The summed E-state index contributed by atoms with van der Waals surface area (Å²) in [5.74, 6) is 0. The molecule has 0 aliphatic heterocycles. The Labute approximate surface area is 92.6 Å². The molecule has 0 saturated carbocycles. The summed E-state index contributed by atoms with van der Waals surface area (Å²) < 4.78 is 0. The molecule has 0 atom stereocenters. The maximum atomic E-state index is 2.18. The smallest absolute Gasteiger partial charge is 0.00884 e. The van der Waals surface area contributed by atoms with Crippen LogP contribution in [-0.4, -0.2) is 0 Å². The highest BCUT2D eigenvalue weighted by Crippen LogP contribution is 2.19. The van der Waals surface area contributed by atoms with Gasteiger partial charge in [-0.3, -0.25) is 0 Å². The molecular formula is C15H18. The first kappa shape index (κ1) is 11.5. The van der Waals surface area contributed by atoms with Gasteiger partial charge in [-0.15, -0.1) is 0 Å². The molecule has 0 amide bonds. The molecule has 1 aliphatic carbocycles. The lowest BCUT2D eigenvalue weighted by atomic mass is 10.0. The fourth-order valence-corrected chi connectivity index (χ4v) is 1.44. The Hall–Kier alpha value is -1.56. The van der Waals surface area contributed by atoms with Crippen LogP contribution in [0.5, 0.6) is 0 Å². The third-order valence-electron chi connectivity index (χ3n) is 2.14. The Morgan fingerprint density at radius 1 is 0.867 bits per heavy atom. The molecule has 0 nitrogen and oxygen atoms in total. The lowest BCUT2D eigenvalue weighted by molar-refractivity contribution is 1.40. The molecule has 0 spiro atoms. The lowest BCUT2D eigenvalue weighted by Crippen LogP contribution is -1.80. The van der Waals surface area contributed by atoms with Crippen LogP contribution in [-0.2, 0) is 0 Å². The monoisotopic (exact) mass is 198 g/mol. The first-order chi connectivity index (χ1) is 7.47. The van der Waals surface area contributed by atoms with Gasteiger partial charge in [0.1, 0.15) is 0 Å². The molecule has 0 heterocycles. The van der Waals surface area contributed by atoms with E-state index in [0.29, 0.717) is 0 Å². The van der Waals surface area contributed by atoms with Gasteiger partial charge in [0.15, 0.2) is 0 Å². The van der Waals surface area contributed by atoms with E-state index in [2.05, 4.69) is 54.6 Å². The number of hydrogen-bond donors (Lipinski definition) is 0. The number of rotatable bonds is 1. The fraction of sp³-hybridized carbons (Fsp3) is 0.200. The van der Waals surface area contributed by atoms with Gasteiger partial charge in [0.2, 0.25) is 0 Å². The van der Waals surface area contributed by atoms with E-state index in [4.69, 9.17) is 0 Å². The molecule has 15 heavy (non-hydrogen) atoms. The molecule has 1 aromatic rings. The van der Waals surface area contributed by atoms with E-state index >= 15 is 0 Å². The minimum Gasteiger partial charge on any atom is -0.0801 e. The van der Waals surface area contributed by atoms with E-state index in [0.717, 1.165) is 6.42 Å². The SMILES string of the molecule is C1=CC=C(c2ccccc2)CC=C1.CC. The van der Waals surface area contributed by atoms with Crippen LogP contribution in [0.1, 0.15) is 25.8 Å². The van der Waals surface area contributed by atoms with Crippen LogP contribution in [0.15, 0.2) is 60.7 Å². The molecule has 1 aliphatic rings. The van der Waals surface area contributed by atoms with Crippen LogP contribution in [0.3, 0.4) is 0 Å². The summed E-state index contributed by atoms with van der Waals surface area (Å²) in [5, 5.41) is 0. The molecule has 0 fully saturated rings. The summed E-state index contributed by atoms with van der Waals surface area (Å²) in [6.45, 7) is 4.00.